The third-order valence-corrected chi connectivity index (χ3v) is 5.92. The fourth-order valence-corrected chi connectivity index (χ4v) is 4.73. The van der Waals surface area contributed by atoms with E-state index in [4.69, 9.17) is 0 Å². The molecule has 1 aromatic rings. The van der Waals surface area contributed by atoms with Crippen molar-refractivity contribution in [1.82, 2.24) is 19.3 Å². The van der Waals surface area contributed by atoms with E-state index in [0.29, 0.717) is 13.1 Å². The molecule has 0 spiro atoms. The van der Waals surface area contributed by atoms with Crippen molar-refractivity contribution < 1.29 is 8.42 Å². The molecule has 0 aliphatic carbocycles. The number of aromatic nitrogens is 3. The van der Waals surface area contributed by atoms with Crippen molar-refractivity contribution in [2.75, 3.05) is 13.1 Å². The topological polar surface area (TPSA) is 68.1 Å². The minimum absolute atomic E-state index is 0.142. The lowest BCUT2D eigenvalue weighted by Crippen LogP contribution is -2.35. The van der Waals surface area contributed by atoms with E-state index < -0.39 is 10.0 Å². The lowest BCUT2D eigenvalue weighted by atomic mass is 10.1. The van der Waals surface area contributed by atoms with Crippen molar-refractivity contribution in [2.45, 2.75) is 37.1 Å². The van der Waals surface area contributed by atoms with Crippen LogP contribution in [0.4, 0.5) is 0 Å². The molecular weight excluding hydrogens is 320 g/mol. The molecule has 1 aromatic heterocycles. The third-order valence-electron chi connectivity index (χ3n) is 3.14. The minimum atomic E-state index is -3.50. The molecule has 6 nitrogen and oxygen atoms in total. The number of halogens is 1. The van der Waals surface area contributed by atoms with Gasteiger partial charge in [-0.25, -0.2) is 13.1 Å². The summed E-state index contributed by atoms with van der Waals surface area (Å²) < 4.78 is 28.2. The molecule has 0 amide bonds. The molecule has 8 heteroatoms. The third kappa shape index (κ3) is 2.75. The van der Waals surface area contributed by atoms with Crippen LogP contribution in [0.3, 0.4) is 0 Å². The second kappa shape index (κ2) is 5.66. The van der Waals surface area contributed by atoms with Gasteiger partial charge in [-0.05, 0) is 28.8 Å². The highest BCUT2D eigenvalue weighted by atomic mass is 79.9. The molecule has 0 bridgehead atoms. The van der Waals surface area contributed by atoms with Gasteiger partial charge in [0.1, 0.15) is 0 Å². The first-order valence-corrected chi connectivity index (χ1v) is 8.32. The smallest absolute Gasteiger partial charge is 0.235 e. The van der Waals surface area contributed by atoms with Crippen LogP contribution in [0.15, 0.2) is 9.63 Å². The molecule has 0 aromatic carbocycles. The van der Waals surface area contributed by atoms with Gasteiger partial charge in [0, 0.05) is 20.1 Å². The Morgan fingerprint density at radius 2 is 1.67 bits per heavy atom. The maximum absolute atomic E-state index is 12.6. The molecule has 102 valence electrons. The Balaban J connectivity index is 2.29. The van der Waals surface area contributed by atoms with Crippen LogP contribution in [0.1, 0.15) is 32.1 Å². The summed E-state index contributed by atoms with van der Waals surface area (Å²) >= 11 is 3.15. The Morgan fingerprint density at radius 1 is 1.11 bits per heavy atom. The van der Waals surface area contributed by atoms with Crippen molar-refractivity contribution in [1.29, 1.82) is 0 Å². The summed E-state index contributed by atoms with van der Waals surface area (Å²) in [5, 5.41) is 7.62. The largest absolute Gasteiger partial charge is 0.263 e. The maximum atomic E-state index is 12.6. The van der Waals surface area contributed by atoms with Crippen molar-refractivity contribution in [2.24, 2.45) is 7.05 Å². The van der Waals surface area contributed by atoms with Crippen LogP contribution in [0, 0.1) is 0 Å². The Hall–Kier alpha value is -0.470. The quantitative estimate of drug-likeness (QED) is 0.821. The van der Waals surface area contributed by atoms with Gasteiger partial charge in [0.05, 0.1) is 0 Å². The number of aryl methyl sites for hydroxylation is 1. The van der Waals surface area contributed by atoms with Gasteiger partial charge in [0.25, 0.3) is 10.0 Å². The summed E-state index contributed by atoms with van der Waals surface area (Å²) in [5.41, 5.74) is 0. The molecule has 1 saturated heterocycles. The molecular formula is C10H17BrN4O2S. The molecule has 0 N–H and O–H groups in total. The molecule has 1 aliphatic heterocycles. The molecule has 2 rings (SSSR count). The first-order valence-electron chi connectivity index (χ1n) is 6.09. The zero-order valence-electron chi connectivity index (χ0n) is 10.3. The van der Waals surface area contributed by atoms with Gasteiger partial charge in [0.15, 0.2) is 4.60 Å². The summed E-state index contributed by atoms with van der Waals surface area (Å²) in [5.74, 6) is 0. The van der Waals surface area contributed by atoms with Gasteiger partial charge in [0.2, 0.25) is 5.03 Å². The van der Waals surface area contributed by atoms with Crippen LogP contribution < -0.4 is 0 Å². The Morgan fingerprint density at radius 3 is 2.17 bits per heavy atom. The van der Waals surface area contributed by atoms with E-state index in [1.54, 1.807) is 11.4 Å². The molecule has 18 heavy (non-hydrogen) atoms. The highest BCUT2D eigenvalue weighted by Crippen LogP contribution is 2.24. The lowest BCUT2D eigenvalue weighted by molar-refractivity contribution is 0.360. The maximum Gasteiger partial charge on any atom is 0.263 e. The Bertz CT molecular complexity index is 486. The number of hydrogen-bond acceptors (Lipinski definition) is 4. The fourth-order valence-electron chi connectivity index (χ4n) is 2.18. The van der Waals surface area contributed by atoms with E-state index in [1.165, 1.54) is 11.1 Å². The molecule has 0 unspecified atom stereocenters. The number of nitrogens with zero attached hydrogens (tertiary/aromatic N) is 4. The van der Waals surface area contributed by atoms with Crippen molar-refractivity contribution in [3.05, 3.63) is 4.60 Å². The van der Waals surface area contributed by atoms with Gasteiger partial charge < -0.3 is 0 Å². The van der Waals surface area contributed by atoms with Crippen LogP contribution in [0.5, 0.6) is 0 Å². The normalized spacial score (nSPS) is 19.4. The Labute approximate surface area is 116 Å². The van der Waals surface area contributed by atoms with Crippen molar-refractivity contribution in [3.63, 3.8) is 0 Å². The van der Waals surface area contributed by atoms with E-state index in [9.17, 15) is 8.42 Å². The van der Waals surface area contributed by atoms with Gasteiger partial charge in [-0.15, -0.1) is 5.10 Å². The zero-order valence-corrected chi connectivity index (χ0v) is 12.7. The predicted octanol–water partition coefficient (Wildman–Crippen LogP) is 1.53. The first-order chi connectivity index (χ1) is 8.53. The van der Waals surface area contributed by atoms with Crippen molar-refractivity contribution in [3.8, 4) is 0 Å². The van der Waals surface area contributed by atoms with Crippen LogP contribution in [0.25, 0.3) is 0 Å². The molecule has 2 heterocycles. The SMILES string of the molecule is Cn1nnc(Br)c1S(=O)(=O)N1CCCCCCC1. The molecule has 0 radical (unpaired) electrons. The fraction of sp³-hybridized carbons (Fsp3) is 0.800. The minimum Gasteiger partial charge on any atom is -0.235 e. The van der Waals surface area contributed by atoms with E-state index >= 15 is 0 Å². The van der Waals surface area contributed by atoms with E-state index in [-0.39, 0.29) is 9.63 Å². The van der Waals surface area contributed by atoms with Crippen molar-refractivity contribution >= 4 is 26.0 Å². The average Bonchev–Trinajstić information content (AvgIpc) is 2.57. The van der Waals surface area contributed by atoms with Gasteiger partial charge >= 0.3 is 0 Å². The molecule has 1 aliphatic rings. The van der Waals surface area contributed by atoms with Crippen LogP contribution in [-0.4, -0.2) is 40.8 Å². The zero-order chi connectivity index (χ0) is 13.2. The number of hydrogen-bond donors (Lipinski definition) is 0. The van der Waals surface area contributed by atoms with Crippen LogP contribution >= 0.6 is 15.9 Å². The van der Waals surface area contributed by atoms with E-state index in [1.807, 2.05) is 0 Å². The predicted molar refractivity (Wildman–Crippen MR) is 70.5 cm³/mol. The number of sulfonamides is 1. The summed E-state index contributed by atoms with van der Waals surface area (Å²) in [6, 6.07) is 0. The monoisotopic (exact) mass is 336 g/mol. The molecule has 0 atom stereocenters. The van der Waals surface area contributed by atoms with Crippen LogP contribution in [0.2, 0.25) is 0 Å². The summed E-state index contributed by atoms with van der Waals surface area (Å²) in [4.78, 5) is 0. The molecule has 0 saturated carbocycles. The standard InChI is InChI=1S/C10H17BrN4O2S/c1-14-10(9(11)12-13-14)18(16,17)15-7-5-3-2-4-6-8-15/h2-8H2,1H3. The van der Waals surface area contributed by atoms with E-state index in [0.717, 1.165) is 25.7 Å². The highest BCUT2D eigenvalue weighted by Gasteiger charge is 2.30. The summed E-state index contributed by atoms with van der Waals surface area (Å²) in [7, 11) is -1.90. The Kier molecular flexibility index (Phi) is 4.39. The summed E-state index contributed by atoms with van der Waals surface area (Å²) in [6.45, 7) is 1.17. The van der Waals surface area contributed by atoms with E-state index in [2.05, 4.69) is 26.2 Å². The van der Waals surface area contributed by atoms with Gasteiger partial charge in [-0.1, -0.05) is 24.5 Å². The second-order valence-electron chi connectivity index (χ2n) is 4.48. The van der Waals surface area contributed by atoms with Gasteiger partial charge in [-0.3, -0.25) is 0 Å². The van der Waals surface area contributed by atoms with Gasteiger partial charge in [-0.2, -0.15) is 4.31 Å². The second-order valence-corrected chi connectivity index (χ2v) is 7.09. The highest BCUT2D eigenvalue weighted by molar-refractivity contribution is 9.10. The number of rotatable bonds is 2. The first kappa shape index (κ1) is 14.0. The summed E-state index contributed by atoms with van der Waals surface area (Å²) in [6.07, 6.45) is 5.22. The van der Waals surface area contributed by atoms with Crippen LogP contribution in [-0.2, 0) is 17.1 Å². The molecule has 1 fully saturated rings. The lowest BCUT2D eigenvalue weighted by Gasteiger charge is -2.23. The average molecular weight is 337 g/mol.